The first-order valence-electron chi connectivity index (χ1n) is 9.95. The number of rotatable bonds is 4. The second-order valence-electron chi connectivity index (χ2n) is 7.44. The summed E-state index contributed by atoms with van der Waals surface area (Å²) >= 11 is 0. The van der Waals surface area contributed by atoms with Gasteiger partial charge in [0.15, 0.2) is 11.5 Å². The summed E-state index contributed by atoms with van der Waals surface area (Å²) in [6.45, 7) is 6.28. The largest absolute Gasteiger partial charge is 0.496 e. The zero-order chi connectivity index (χ0) is 18.6. The number of amides is 1. The van der Waals surface area contributed by atoms with Crippen molar-refractivity contribution in [1.29, 1.82) is 0 Å². The molecule has 7 nitrogen and oxygen atoms in total. The molecule has 2 saturated heterocycles. The van der Waals surface area contributed by atoms with Crippen molar-refractivity contribution in [3.8, 4) is 17.2 Å². The Kier molecular flexibility index (Phi) is 5.69. The molecule has 3 heterocycles. The van der Waals surface area contributed by atoms with Gasteiger partial charge >= 0.3 is 0 Å². The lowest BCUT2D eigenvalue weighted by Gasteiger charge is -2.35. The van der Waals surface area contributed by atoms with Crippen LogP contribution in [0.15, 0.2) is 12.1 Å². The quantitative estimate of drug-likeness (QED) is 0.855. The van der Waals surface area contributed by atoms with Crippen LogP contribution in [0.25, 0.3) is 0 Å². The Hall–Kier alpha value is -1.99. The first-order chi connectivity index (χ1) is 13.2. The van der Waals surface area contributed by atoms with Crippen molar-refractivity contribution in [3.63, 3.8) is 0 Å². The summed E-state index contributed by atoms with van der Waals surface area (Å²) in [7, 11) is 1.68. The molecule has 0 aliphatic carbocycles. The number of hydrogen-bond acceptors (Lipinski definition) is 6. The third kappa shape index (κ3) is 4.14. The molecule has 1 N–H and O–H groups in total. The van der Waals surface area contributed by atoms with Crippen molar-refractivity contribution in [3.05, 3.63) is 17.7 Å². The van der Waals surface area contributed by atoms with Gasteiger partial charge in [-0.2, -0.15) is 0 Å². The Labute approximate surface area is 160 Å². The number of fused-ring (bicyclic) bond motifs is 1. The molecule has 4 rings (SSSR count). The molecule has 1 aromatic carbocycles. The van der Waals surface area contributed by atoms with Gasteiger partial charge in [-0.1, -0.05) is 0 Å². The van der Waals surface area contributed by atoms with E-state index in [0.29, 0.717) is 19.8 Å². The second kappa shape index (κ2) is 8.35. The number of benzene rings is 1. The van der Waals surface area contributed by atoms with Gasteiger partial charge in [-0.3, -0.25) is 9.69 Å². The highest BCUT2D eigenvalue weighted by atomic mass is 16.5. The summed E-state index contributed by atoms with van der Waals surface area (Å²) in [5, 5.41) is 3.39. The predicted octanol–water partition coefficient (Wildman–Crippen LogP) is 1.25. The van der Waals surface area contributed by atoms with Crippen LogP contribution in [0.4, 0.5) is 0 Å². The molecule has 0 radical (unpaired) electrons. The Morgan fingerprint density at radius 3 is 2.63 bits per heavy atom. The fourth-order valence-electron chi connectivity index (χ4n) is 4.06. The van der Waals surface area contributed by atoms with Crippen LogP contribution >= 0.6 is 0 Å². The molecular formula is C20H29N3O4. The maximum absolute atomic E-state index is 12.7. The molecule has 7 heteroatoms. The van der Waals surface area contributed by atoms with Gasteiger partial charge in [0.2, 0.25) is 5.91 Å². The van der Waals surface area contributed by atoms with Crippen LogP contribution in [0.2, 0.25) is 0 Å². The third-order valence-corrected chi connectivity index (χ3v) is 5.52. The molecule has 2 fully saturated rings. The fraction of sp³-hybridized carbons (Fsp3) is 0.650. The maximum atomic E-state index is 12.7. The van der Waals surface area contributed by atoms with Gasteiger partial charge in [0.25, 0.3) is 0 Å². The lowest BCUT2D eigenvalue weighted by molar-refractivity contribution is -0.133. The van der Waals surface area contributed by atoms with Crippen molar-refractivity contribution in [2.75, 3.05) is 53.0 Å². The number of piperazine rings is 1. The number of hydrogen-bond donors (Lipinski definition) is 1. The van der Waals surface area contributed by atoms with Crippen LogP contribution in [0.3, 0.4) is 0 Å². The number of nitrogens with one attached hydrogen (secondary N) is 1. The average molecular weight is 375 g/mol. The van der Waals surface area contributed by atoms with E-state index in [1.165, 1.54) is 0 Å². The maximum Gasteiger partial charge on any atom is 0.241 e. The Morgan fingerprint density at radius 2 is 1.89 bits per heavy atom. The van der Waals surface area contributed by atoms with E-state index in [2.05, 4.69) is 10.2 Å². The van der Waals surface area contributed by atoms with E-state index in [1.807, 2.05) is 17.0 Å². The van der Waals surface area contributed by atoms with Gasteiger partial charge in [-0.05, 0) is 18.9 Å². The van der Waals surface area contributed by atoms with Gasteiger partial charge < -0.3 is 24.4 Å². The van der Waals surface area contributed by atoms with Gasteiger partial charge in [-0.15, -0.1) is 0 Å². The first kappa shape index (κ1) is 18.4. The van der Waals surface area contributed by atoms with Gasteiger partial charge in [0.05, 0.1) is 26.4 Å². The van der Waals surface area contributed by atoms with E-state index in [-0.39, 0.29) is 11.9 Å². The van der Waals surface area contributed by atoms with Crippen molar-refractivity contribution >= 4 is 5.91 Å². The highest BCUT2D eigenvalue weighted by molar-refractivity contribution is 5.82. The topological polar surface area (TPSA) is 63.3 Å². The molecule has 1 atom stereocenters. The zero-order valence-corrected chi connectivity index (χ0v) is 16.0. The SMILES string of the molecule is COc1cc2c(cc1CN1CCNC(C(=O)N3CCCC3)C1)OCCCO2. The molecule has 0 aromatic heterocycles. The van der Waals surface area contributed by atoms with Gasteiger partial charge in [0, 0.05) is 57.3 Å². The van der Waals surface area contributed by atoms with E-state index in [1.54, 1.807) is 7.11 Å². The Morgan fingerprint density at radius 1 is 1.15 bits per heavy atom. The van der Waals surface area contributed by atoms with Crippen LogP contribution in [0.1, 0.15) is 24.8 Å². The Bertz CT molecular complexity index is 675. The van der Waals surface area contributed by atoms with E-state index in [0.717, 1.165) is 74.8 Å². The van der Waals surface area contributed by atoms with Gasteiger partial charge in [-0.25, -0.2) is 0 Å². The molecule has 0 saturated carbocycles. The first-order valence-corrected chi connectivity index (χ1v) is 9.95. The number of carbonyl (C=O) groups excluding carboxylic acids is 1. The second-order valence-corrected chi connectivity index (χ2v) is 7.44. The zero-order valence-electron chi connectivity index (χ0n) is 16.0. The van der Waals surface area contributed by atoms with E-state index in [9.17, 15) is 4.79 Å². The van der Waals surface area contributed by atoms with Crippen LogP contribution in [-0.4, -0.2) is 74.8 Å². The highest BCUT2D eigenvalue weighted by Gasteiger charge is 2.30. The molecule has 148 valence electrons. The van der Waals surface area contributed by atoms with Crippen molar-refractivity contribution in [2.45, 2.75) is 31.8 Å². The summed E-state index contributed by atoms with van der Waals surface area (Å²) in [5.41, 5.74) is 1.07. The summed E-state index contributed by atoms with van der Waals surface area (Å²) in [4.78, 5) is 17.0. The van der Waals surface area contributed by atoms with E-state index < -0.39 is 0 Å². The van der Waals surface area contributed by atoms with E-state index >= 15 is 0 Å². The molecule has 0 bridgehead atoms. The minimum absolute atomic E-state index is 0.122. The van der Waals surface area contributed by atoms with Crippen LogP contribution in [0, 0.1) is 0 Å². The number of nitrogens with zero attached hydrogens (tertiary/aromatic N) is 2. The summed E-state index contributed by atoms with van der Waals surface area (Å²) in [5.74, 6) is 2.57. The predicted molar refractivity (Wildman–Crippen MR) is 101 cm³/mol. The minimum atomic E-state index is -0.122. The molecule has 1 aromatic rings. The standard InChI is InChI=1S/C20H29N3O4/c1-25-17-12-19-18(26-9-4-10-27-19)11-15(17)13-22-8-5-21-16(14-22)20(24)23-6-2-3-7-23/h11-12,16,21H,2-10,13-14H2,1H3. The molecule has 1 unspecified atom stereocenters. The van der Waals surface area contributed by atoms with Crippen LogP contribution in [-0.2, 0) is 11.3 Å². The molecule has 1 amide bonds. The number of likely N-dealkylation sites (tertiary alicyclic amines) is 1. The summed E-state index contributed by atoms with van der Waals surface area (Å²) in [6.07, 6.45) is 3.12. The van der Waals surface area contributed by atoms with Crippen molar-refractivity contribution < 1.29 is 19.0 Å². The third-order valence-electron chi connectivity index (χ3n) is 5.52. The molecular weight excluding hydrogens is 346 g/mol. The molecule has 0 spiro atoms. The Balaban J connectivity index is 1.46. The van der Waals surface area contributed by atoms with E-state index in [4.69, 9.17) is 14.2 Å². The minimum Gasteiger partial charge on any atom is -0.496 e. The molecule has 3 aliphatic rings. The average Bonchev–Trinajstić information content (AvgIpc) is 3.14. The fourth-order valence-corrected chi connectivity index (χ4v) is 4.06. The lowest BCUT2D eigenvalue weighted by Crippen LogP contribution is -2.57. The van der Waals surface area contributed by atoms with Crippen LogP contribution < -0.4 is 19.5 Å². The monoisotopic (exact) mass is 375 g/mol. The van der Waals surface area contributed by atoms with Crippen molar-refractivity contribution in [1.82, 2.24) is 15.1 Å². The smallest absolute Gasteiger partial charge is 0.241 e. The van der Waals surface area contributed by atoms with Crippen LogP contribution in [0.5, 0.6) is 17.2 Å². The summed E-state index contributed by atoms with van der Waals surface area (Å²) in [6, 6.07) is 3.83. The number of methoxy groups -OCH3 is 1. The summed E-state index contributed by atoms with van der Waals surface area (Å²) < 4.78 is 17.2. The van der Waals surface area contributed by atoms with Crippen molar-refractivity contribution in [2.24, 2.45) is 0 Å². The lowest BCUT2D eigenvalue weighted by atomic mass is 10.1. The van der Waals surface area contributed by atoms with Gasteiger partial charge in [0.1, 0.15) is 5.75 Å². The molecule has 3 aliphatic heterocycles. The molecule has 27 heavy (non-hydrogen) atoms. The number of ether oxygens (including phenoxy) is 3. The number of carbonyl (C=O) groups is 1. The highest BCUT2D eigenvalue weighted by Crippen LogP contribution is 2.37. The normalized spacial score (nSPS) is 23.1.